The molecule has 182 valence electrons. The van der Waals surface area contributed by atoms with E-state index in [2.05, 4.69) is 32.9 Å². The van der Waals surface area contributed by atoms with Crippen molar-refractivity contribution in [1.29, 1.82) is 0 Å². The predicted molar refractivity (Wildman–Crippen MR) is 131 cm³/mol. The highest BCUT2D eigenvalue weighted by atomic mass is 19.1. The highest BCUT2D eigenvalue weighted by Gasteiger charge is 2.61. The van der Waals surface area contributed by atoms with E-state index in [0.717, 1.165) is 30.7 Å². The Morgan fingerprint density at radius 2 is 1.70 bits per heavy atom. The first-order chi connectivity index (χ1) is 15.7. The fourth-order valence-corrected chi connectivity index (χ4v) is 9.04. The summed E-state index contributed by atoms with van der Waals surface area (Å²) in [5.74, 6) is 2.89. The van der Waals surface area contributed by atoms with Crippen LogP contribution in [0.15, 0.2) is 36.4 Å². The maximum atomic E-state index is 13.3. The Balaban J connectivity index is 1.33. The predicted octanol–water partition coefficient (Wildman–Crippen LogP) is 6.96. The van der Waals surface area contributed by atoms with Crippen molar-refractivity contribution < 1.29 is 14.2 Å². The minimum absolute atomic E-state index is 0.194. The van der Waals surface area contributed by atoms with Gasteiger partial charge in [-0.15, -0.1) is 0 Å². The van der Waals surface area contributed by atoms with E-state index in [0.29, 0.717) is 35.2 Å². The van der Waals surface area contributed by atoms with Crippen molar-refractivity contribution in [2.75, 3.05) is 7.11 Å². The second kappa shape index (κ2) is 8.48. The minimum Gasteiger partial charge on any atom is -0.390 e. The van der Waals surface area contributed by atoms with Gasteiger partial charge in [-0.2, -0.15) is 0 Å². The molecular weight excluding hydrogens is 411 g/mol. The van der Waals surface area contributed by atoms with Crippen LogP contribution in [-0.4, -0.2) is 23.9 Å². The van der Waals surface area contributed by atoms with Gasteiger partial charge in [0.1, 0.15) is 5.82 Å². The second-order valence-electron chi connectivity index (χ2n) is 12.6. The highest BCUT2D eigenvalue weighted by molar-refractivity contribution is 5.20. The summed E-state index contributed by atoms with van der Waals surface area (Å²) in [5.41, 5.74) is 1.02. The molecule has 3 saturated carbocycles. The van der Waals surface area contributed by atoms with E-state index in [1.165, 1.54) is 50.7 Å². The lowest BCUT2D eigenvalue weighted by Crippen LogP contribution is -2.54. The number of halogens is 1. The number of fused-ring (bicyclic) bond motifs is 5. The molecule has 0 bridgehead atoms. The van der Waals surface area contributed by atoms with Crippen LogP contribution in [0, 0.1) is 46.2 Å². The van der Waals surface area contributed by atoms with Crippen molar-refractivity contribution in [3.63, 3.8) is 0 Å². The Morgan fingerprint density at radius 1 is 1.00 bits per heavy atom. The third kappa shape index (κ3) is 3.92. The molecule has 1 aromatic carbocycles. The van der Waals surface area contributed by atoms with Gasteiger partial charge < -0.3 is 9.84 Å². The first-order valence-electron chi connectivity index (χ1n) is 13.4. The zero-order valence-electron chi connectivity index (χ0n) is 21.0. The lowest BCUT2D eigenvalue weighted by molar-refractivity contribution is -0.114. The van der Waals surface area contributed by atoms with Crippen LogP contribution in [-0.2, 0) is 11.2 Å². The van der Waals surface area contributed by atoms with E-state index in [1.54, 1.807) is 0 Å². The van der Waals surface area contributed by atoms with Gasteiger partial charge in [0.15, 0.2) is 0 Å². The van der Waals surface area contributed by atoms with Crippen LogP contribution >= 0.6 is 0 Å². The Bertz CT molecular complexity index is 876. The number of aryl methyl sites for hydroxylation is 1. The van der Waals surface area contributed by atoms with Crippen LogP contribution in [0.5, 0.6) is 0 Å². The van der Waals surface area contributed by atoms with Crippen molar-refractivity contribution in [2.24, 2.45) is 40.4 Å². The number of allylic oxidation sites excluding steroid dienone is 2. The Labute approximate surface area is 200 Å². The lowest BCUT2D eigenvalue weighted by atomic mass is 9.46. The summed E-state index contributed by atoms with van der Waals surface area (Å²) in [6, 6.07) is 6.78. The number of hydrogen-bond donors (Lipinski definition) is 1. The fraction of sp³-hybridized carbons (Fsp3) is 0.733. The quantitative estimate of drug-likeness (QED) is 0.487. The molecular formula is C30H43FO2. The molecule has 3 fully saturated rings. The van der Waals surface area contributed by atoms with E-state index >= 15 is 0 Å². The largest absolute Gasteiger partial charge is 0.390 e. The Kier molecular flexibility index (Phi) is 6.05. The van der Waals surface area contributed by atoms with Crippen LogP contribution in [0.4, 0.5) is 4.39 Å². The molecule has 0 unspecified atom stereocenters. The first kappa shape index (κ1) is 23.5. The molecule has 4 aliphatic rings. The summed E-state index contributed by atoms with van der Waals surface area (Å²) in [6.45, 7) is 7.13. The molecule has 0 aliphatic heterocycles. The maximum Gasteiger partial charge on any atom is 0.123 e. The molecule has 0 spiro atoms. The van der Waals surface area contributed by atoms with E-state index in [-0.39, 0.29) is 11.2 Å². The SMILES string of the molecule is CO[C@H]1CC[C@@]2(C)[C@@H](C=C[C@@H]3[C@@H]2CC[C@@]2(C)[C@H]3CC[C@@H]2[C@](C)(O)CCc2ccc(F)cc2)C1. The van der Waals surface area contributed by atoms with Crippen molar-refractivity contribution in [1.82, 2.24) is 0 Å². The molecule has 3 heteroatoms. The monoisotopic (exact) mass is 454 g/mol. The van der Waals surface area contributed by atoms with E-state index < -0.39 is 5.60 Å². The Hall–Kier alpha value is -1.19. The fourth-order valence-electron chi connectivity index (χ4n) is 9.04. The van der Waals surface area contributed by atoms with Crippen molar-refractivity contribution in [2.45, 2.75) is 90.3 Å². The van der Waals surface area contributed by atoms with Gasteiger partial charge in [-0.25, -0.2) is 4.39 Å². The van der Waals surface area contributed by atoms with Gasteiger partial charge in [0, 0.05) is 7.11 Å². The highest BCUT2D eigenvalue weighted by Crippen LogP contribution is 2.67. The summed E-state index contributed by atoms with van der Waals surface area (Å²) in [7, 11) is 1.87. The van der Waals surface area contributed by atoms with Crippen LogP contribution in [0.1, 0.15) is 77.7 Å². The first-order valence-corrected chi connectivity index (χ1v) is 13.4. The number of ether oxygens (including phenoxy) is 1. The summed E-state index contributed by atoms with van der Waals surface area (Å²) in [6.07, 6.45) is 15.7. The van der Waals surface area contributed by atoms with Gasteiger partial charge in [0.25, 0.3) is 0 Å². The summed E-state index contributed by atoms with van der Waals surface area (Å²) in [4.78, 5) is 0. The molecule has 9 atom stereocenters. The summed E-state index contributed by atoms with van der Waals surface area (Å²) < 4.78 is 19.0. The number of methoxy groups -OCH3 is 1. The molecule has 0 aromatic heterocycles. The molecule has 1 N–H and O–H groups in total. The molecule has 0 saturated heterocycles. The number of rotatable bonds is 5. The molecule has 0 amide bonds. The van der Waals surface area contributed by atoms with Gasteiger partial charge in [0.05, 0.1) is 11.7 Å². The number of aliphatic hydroxyl groups is 1. The number of hydrogen-bond acceptors (Lipinski definition) is 2. The molecule has 5 rings (SSSR count). The normalized spacial score (nSPS) is 43.9. The third-order valence-corrected chi connectivity index (χ3v) is 11.0. The van der Waals surface area contributed by atoms with Crippen molar-refractivity contribution in [3.05, 3.63) is 47.8 Å². The molecule has 2 nitrogen and oxygen atoms in total. The van der Waals surface area contributed by atoms with Crippen molar-refractivity contribution in [3.8, 4) is 0 Å². The minimum atomic E-state index is -0.688. The van der Waals surface area contributed by atoms with Crippen LogP contribution in [0.25, 0.3) is 0 Å². The topological polar surface area (TPSA) is 29.5 Å². The van der Waals surface area contributed by atoms with Crippen molar-refractivity contribution >= 4 is 0 Å². The van der Waals surface area contributed by atoms with Gasteiger partial charge >= 0.3 is 0 Å². The zero-order valence-corrected chi connectivity index (χ0v) is 21.0. The van der Waals surface area contributed by atoms with E-state index in [1.807, 2.05) is 19.2 Å². The van der Waals surface area contributed by atoms with Crippen LogP contribution in [0.2, 0.25) is 0 Å². The second-order valence-corrected chi connectivity index (χ2v) is 12.6. The molecule has 0 heterocycles. The van der Waals surface area contributed by atoms with Crippen LogP contribution in [0.3, 0.4) is 0 Å². The maximum absolute atomic E-state index is 13.3. The average molecular weight is 455 g/mol. The zero-order chi connectivity index (χ0) is 23.4. The molecule has 4 aliphatic carbocycles. The van der Waals surface area contributed by atoms with E-state index in [9.17, 15) is 9.50 Å². The summed E-state index contributed by atoms with van der Waals surface area (Å²) in [5, 5.41) is 11.7. The van der Waals surface area contributed by atoms with Crippen LogP contribution < -0.4 is 0 Å². The van der Waals surface area contributed by atoms with Gasteiger partial charge in [-0.05, 0) is 123 Å². The third-order valence-electron chi connectivity index (χ3n) is 11.0. The van der Waals surface area contributed by atoms with Gasteiger partial charge in [0.2, 0.25) is 0 Å². The number of benzene rings is 1. The standard InChI is InChI=1S/C30H43FO2/c1-28-16-14-23(33-4)19-21(28)7-10-24-25-11-12-27(29(25,2)17-15-26(24)28)30(3,32)18-13-20-5-8-22(31)9-6-20/h5-10,21,23-27,32H,11-19H2,1-4H3/t21-,23-,24-,25-,26-,27-,28-,29-,30+/m0/s1. The Morgan fingerprint density at radius 3 is 2.42 bits per heavy atom. The lowest BCUT2D eigenvalue weighted by Gasteiger charge is -2.59. The molecule has 1 aromatic rings. The van der Waals surface area contributed by atoms with Gasteiger partial charge in [-0.1, -0.05) is 38.1 Å². The van der Waals surface area contributed by atoms with Gasteiger partial charge in [-0.3, -0.25) is 0 Å². The average Bonchev–Trinajstić information content (AvgIpc) is 3.16. The van der Waals surface area contributed by atoms with E-state index in [4.69, 9.17) is 4.74 Å². The summed E-state index contributed by atoms with van der Waals surface area (Å²) >= 11 is 0. The molecule has 33 heavy (non-hydrogen) atoms. The molecule has 0 radical (unpaired) electrons. The smallest absolute Gasteiger partial charge is 0.123 e.